The topological polar surface area (TPSA) is 42.2 Å². The van der Waals surface area contributed by atoms with Gasteiger partial charge < -0.3 is 5.73 Å². The quantitative estimate of drug-likeness (QED) is 0.878. The molecule has 3 rings (SSSR count). The molecule has 0 radical (unpaired) electrons. The molecule has 128 valence electrons. The van der Waals surface area contributed by atoms with Crippen LogP contribution in [0.25, 0.3) is 0 Å². The Kier molecular flexibility index (Phi) is 7.98. The zero-order valence-electron chi connectivity index (χ0n) is 13.5. The molecule has 2 N–H and O–H groups in total. The second-order valence-corrected chi connectivity index (χ2v) is 7.10. The van der Waals surface area contributed by atoms with Gasteiger partial charge in [0.15, 0.2) is 0 Å². The SMILES string of the molecule is CC(C)c1nc(CN2C[C@@H](N)[C@H](c3ccccc3)C2)cs1.Cl.Cl. The van der Waals surface area contributed by atoms with Gasteiger partial charge in [0.2, 0.25) is 0 Å². The van der Waals surface area contributed by atoms with E-state index >= 15 is 0 Å². The second-order valence-electron chi connectivity index (χ2n) is 6.21. The maximum Gasteiger partial charge on any atom is 0.0954 e. The Labute approximate surface area is 155 Å². The van der Waals surface area contributed by atoms with Gasteiger partial charge in [-0.15, -0.1) is 36.2 Å². The monoisotopic (exact) mass is 373 g/mol. The third-order valence-electron chi connectivity index (χ3n) is 4.12. The van der Waals surface area contributed by atoms with Crippen molar-refractivity contribution < 1.29 is 0 Å². The highest BCUT2D eigenvalue weighted by Gasteiger charge is 2.31. The van der Waals surface area contributed by atoms with Gasteiger partial charge in [0.1, 0.15) is 0 Å². The maximum absolute atomic E-state index is 6.35. The minimum absolute atomic E-state index is 0. The van der Waals surface area contributed by atoms with Crippen LogP contribution in [-0.2, 0) is 6.54 Å². The van der Waals surface area contributed by atoms with Gasteiger partial charge in [-0.1, -0.05) is 44.2 Å². The summed E-state index contributed by atoms with van der Waals surface area (Å²) in [5, 5.41) is 3.42. The molecule has 1 aromatic carbocycles. The molecule has 2 heterocycles. The minimum atomic E-state index is 0. The lowest BCUT2D eigenvalue weighted by Gasteiger charge is -2.15. The Hall–Kier alpha value is -0.650. The number of thiazole rings is 1. The molecular weight excluding hydrogens is 349 g/mol. The average molecular weight is 374 g/mol. The smallest absolute Gasteiger partial charge is 0.0954 e. The lowest BCUT2D eigenvalue weighted by molar-refractivity contribution is 0.320. The van der Waals surface area contributed by atoms with Crippen LogP contribution in [0.5, 0.6) is 0 Å². The number of likely N-dealkylation sites (tertiary alicyclic amines) is 1. The molecule has 0 amide bonds. The van der Waals surface area contributed by atoms with Crippen molar-refractivity contribution in [3.05, 3.63) is 52.0 Å². The highest BCUT2D eigenvalue weighted by molar-refractivity contribution is 7.09. The van der Waals surface area contributed by atoms with Gasteiger partial charge in [0.05, 0.1) is 10.7 Å². The van der Waals surface area contributed by atoms with Crippen LogP contribution in [0.4, 0.5) is 0 Å². The van der Waals surface area contributed by atoms with Crippen molar-refractivity contribution in [2.45, 2.75) is 38.3 Å². The van der Waals surface area contributed by atoms with Crippen molar-refractivity contribution in [3.63, 3.8) is 0 Å². The number of benzene rings is 1. The van der Waals surface area contributed by atoms with Crippen LogP contribution in [0.2, 0.25) is 0 Å². The highest BCUT2D eigenvalue weighted by atomic mass is 35.5. The zero-order chi connectivity index (χ0) is 14.8. The first kappa shape index (κ1) is 20.4. The molecule has 2 atom stereocenters. The third-order valence-corrected chi connectivity index (χ3v) is 5.31. The van der Waals surface area contributed by atoms with Crippen LogP contribution >= 0.6 is 36.2 Å². The lowest BCUT2D eigenvalue weighted by Crippen LogP contribution is -2.28. The van der Waals surface area contributed by atoms with E-state index in [0.29, 0.717) is 11.8 Å². The predicted octanol–water partition coefficient (Wildman–Crippen LogP) is 4.04. The fourth-order valence-corrected chi connectivity index (χ4v) is 3.81. The first-order valence-corrected chi connectivity index (χ1v) is 8.48. The van der Waals surface area contributed by atoms with Gasteiger partial charge in [-0.2, -0.15) is 0 Å². The van der Waals surface area contributed by atoms with Crippen LogP contribution in [0.1, 0.15) is 41.9 Å². The third kappa shape index (κ3) is 4.91. The standard InChI is InChI=1S/C17H23N3S.2ClH/c1-12(2)17-19-14(11-21-17)8-20-9-15(16(18)10-20)13-6-4-3-5-7-13;;/h3-7,11-12,15-16H,8-10,18H2,1-2H3;2*1H/t15-,16+;;/m0../s1. The Bertz CT molecular complexity index is 589. The molecule has 0 saturated carbocycles. The number of hydrogen-bond acceptors (Lipinski definition) is 4. The van der Waals surface area contributed by atoms with E-state index in [-0.39, 0.29) is 30.9 Å². The van der Waals surface area contributed by atoms with E-state index in [1.54, 1.807) is 11.3 Å². The van der Waals surface area contributed by atoms with Crippen molar-refractivity contribution in [1.29, 1.82) is 0 Å². The molecule has 2 aromatic rings. The van der Waals surface area contributed by atoms with E-state index in [4.69, 9.17) is 10.7 Å². The van der Waals surface area contributed by atoms with E-state index in [1.165, 1.54) is 16.3 Å². The molecule has 0 aliphatic carbocycles. The summed E-state index contributed by atoms with van der Waals surface area (Å²) in [6, 6.07) is 10.8. The molecule has 0 unspecified atom stereocenters. The van der Waals surface area contributed by atoms with E-state index in [1.807, 2.05) is 0 Å². The first-order valence-electron chi connectivity index (χ1n) is 7.60. The summed E-state index contributed by atoms with van der Waals surface area (Å²) in [6.07, 6.45) is 0. The molecular formula is C17H25Cl2N3S. The highest BCUT2D eigenvalue weighted by Crippen LogP contribution is 2.28. The molecule has 0 spiro atoms. The molecule has 23 heavy (non-hydrogen) atoms. The van der Waals surface area contributed by atoms with Crippen LogP contribution < -0.4 is 5.73 Å². The van der Waals surface area contributed by atoms with Crippen LogP contribution in [0, 0.1) is 0 Å². The van der Waals surface area contributed by atoms with Crippen molar-refractivity contribution in [2.24, 2.45) is 5.73 Å². The molecule has 1 fully saturated rings. The normalized spacial score (nSPS) is 21.0. The Morgan fingerprint density at radius 1 is 1.22 bits per heavy atom. The van der Waals surface area contributed by atoms with Gasteiger partial charge in [-0.05, 0) is 5.56 Å². The number of nitrogens with zero attached hydrogens (tertiary/aromatic N) is 2. The van der Waals surface area contributed by atoms with Crippen molar-refractivity contribution in [3.8, 4) is 0 Å². The van der Waals surface area contributed by atoms with Gasteiger partial charge in [0.25, 0.3) is 0 Å². The summed E-state index contributed by atoms with van der Waals surface area (Å²) >= 11 is 1.77. The average Bonchev–Trinajstić information content (AvgIpc) is 3.07. The maximum atomic E-state index is 6.35. The van der Waals surface area contributed by atoms with Gasteiger partial charge in [-0.25, -0.2) is 4.98 Å². The number of aromatic nitrogens is 1. The summed E-state index contributed by atoms with van der Waals surface area (Å²) in [7, 11) is 0. The molecule has 6 heteroatoms. The van der Waals surface area contributed by atoms with Crippen molar-refractivity contribution >= 4 is 36.2 Å². The Balaban J connectivity index is 0.00000132. The predicted molar refractivity (Wildman–Crippen MR) is 103 cm³/mol. The largest absolute Gasteiger partial charge is 0.326 e. The molecule has 1 aromatic heterocycles. The minimum Gasteiger partial charge on any atom is -0.326 e. The fraction of sp³-hybridized carbons (Fsp3) is 0.471. The summed E-state index contributed by atoms with van der Waals surface area (Å²) in [4.78, 5) is 7.16. The summed E-state index contributed by atoms with van der Waals surface area (Å²) in [5.41, 5.74) is 8.89. The zero-order valence-corrected chi connectivity index (χ0v) is 16.0. The number of halogens is 2. The van der Waals surface area contributed by atoms with Crippen molar-refractivity contribution in [2.75, 3.05) is 13.1 Å². The molecule has 1 saturated heterocycles. The summed E-state index contributed by atoms with van der Waals surface area (Å²) in [5.74, 6) is 0.955. The van der Waals surface area contributed by atoms with Gasteiger partial charge in [0, 0.05) is 42.9 Å². The summed E-state index contributed by atoms with van der Waals surface area (Å²) in [6.45, 7) is 7.29. The lowest BCUT2D eigenvalue weighted by atomic mass is 9.95. The first-order chi connectivity index (χ1) is 10.1. The van der Waals surface area contributed by atoms with Gasteiger partial charge in [-0.3, -0.25) is 4.90 Å². The number of rotatable bonds is 4. The van der Waals surface area contributed by atoms with E-state index < -0.39 is 0 Å². The molecule has 1 aliphatic rings. The van der Waals surface area contributed by atoms with E-state index in [9.17, 15) is 0 Å². The van der Waals surface area contributed by atoms with Crippen LogP contribution in [-0.4, -0.2) is 29.0 Å². The van der Waals surface area contributed by atoms with Crippen LogP contribution in [0.3, 0.4) is 0 Å². The second kappa shape index (κ2) is 9.00. The van der Waals surface area contributed by atoms with Gasteiger partial charge >= 0.3 is 0 Å². The molecule has 1 aliphatic heterocycles. The fourth-order valence-electron chi connectivity index (χ4n) is 2.98. The Morgan fingerprint density at radius 2 is 1.91 bits per heavy atom. The Morgan fingerprint density at radius 3 is 2.52 bits per heavy atom. The summed E-state index contributed by atoms with van der Waals surface area (Å²) < 4.78 is 0. The number of nitrogens with two attached hydrogens (primary N) is 1. The van der Waals surface area contributed by atoms with Crippen LogP contribution in [0.15, 0.2) is 35.7 Å². The van der Waals surface area contributed by atoms with Crippen molar-refractivity contribution in [1.82, 2.24) is 9.88 Å². The molecule has 3 nitrogen and oxygen atoms in total. The number of hydrogen-bond donors (Lipinski definition) is 1. The van der Waals surface area contributed by atoms with E-state index in [2.05, 4.69) is 54.5 Å². The molecule has 0 bridgehead atoms. The van der Waals surface area contributed by atoms with E-state index in [0.717, 1.165) is 19.6 Å².